The zero-order chi connectivity index (χ0) is 18.7. The maximum Gasteiger partial charge on any atom is 0.270 e. The van der Waals surface area contributed by atoms with E-state index in [9.17, 15) is 14.4 Å². The zero-order valence-electron chi connectivity index (χ0n) is 14.8. The maximum atomic E-state index is 12.7. The first kappa shape index (κ1) is 17.7. The number of nitrogens with zero attached hydrogens (tertiary/aromatic N) is 4. The minimum atomic E-state index is -0.301. The van der Waals surface area contributed by atoms with E-state index in [2.05, 4.69) is 10.5 Å². The van der Waals surface area contributed by atoms with Crippen molar-refractivity contribution in [1.82, 2.24) is 19.5 Å². The summed E-state index contributed by atoms with van der Waals surface area (Å²) in [4.78, 5) is 39.7. The standard InChI is InChI=1S/C17H21N5O4/c1-12-10-15(19-26-12)18-16(24)11-22-5-3-4-14(22)17(25)21-8-6-20(7-9-21)13(2)23/h3-5,10H,6-9,11H2,1-2H3,(H,18,19,24). The number of aromatic nitrogens is 2. The van der Waals surface area contributed by atoms with Crippen LogP contribution < -0.4 is 5.32 Å². The highest BCUT2D eigenvalue weighted by molar-refractivity contribution is 5.94. The number of carbonyl (C=O) groups is 3. The quantitative estimate of drug-likeness (QED) is 0.867. The fourth-order valence-electron chi connectivity index (χ4n) is 2.89. The van der Waals surface area contributed by atoms with Gasteiger partial charge in [0.2, 0.25) is 11.8 Å². The molecule has 3 rings (SSSR count). The molecule has 1 fully saturated rings. The van der Waals surface area contributed by atoms with Gasteiger partial charge >= 0.3 is 0 Å². The van der Waals surface area contributed by atoms with Crippen LogP contribution in [0, 0.1) is 6.92 Å². The average Bonchev–Trinajstić information content (AvgIpc) is 3.23. The lowest BCUT2D eigenvalue weighted by atomic mass is 10.2. The van der Waals surface area contributed by atoms with Gasteiger partial charge in [-0.2, -0.15) is 0 Å². The van der Waals surface area contributed by atoms with E-state index < -0.39 is 0 Å². The molecule has 0 spiro atoms. The number of nitrogens with one attached hydrogen (secondary N) is 1. The van der Waals surface area contributed by atoms with Crippen LogP contribution in [0.4, 0.5) is 5.82 Å². The van der Waals surface area contributed by atoms with Crippen molar-refractivity contribution in [3.05, 3.63) is 35.9 Å². The summed E-state index contributed by atoms with van der Waals surface area (Å²) >= 11 is 0. The van der Waals surface area contributed by atoms with Crippen LogP contribution in [0.1, 0.15) is 23.2 Å². The summed E-state index contributed by atoms with van der Waals surface area (Å²) in [5, 5.41) is 6.35. The number of aryl methyl sites for hydroxylation is 1. The molecule has 1 aliphatic rings. The van der Waals surface area contributed by atoms with Crippen LogP contribution in [0.15, 0.2) is 28.9 Å². The number of piperazine rings is 1. The van der Waals surface area contributed by atoms with Crippen LogP contribution >= 0.6 is 0 Å². The van der Waals surface area contributed by atoms with Gasteiger partial charge in [0.25, 0.3) is 5.91 Å². The van der Waals surface area contributed by atoms with Crippen molar-refractivity contribution in [2.24, 2.45) is 0 Å². The Kier molecular flexibility index (Phi) is 5.06. The molecule has 0 atom stereocenters. The van der Waals surface area contributed by atoms with Gasteiger partial charge < -0.3 is 24.2 Å². The summed E-state index contributed by atoms with van der Waals surface area (Å²) < 4.78 is 6.51. The number of hydrogen-bond acceptors (Lipinski definition) is 5. The molecule has 0 bridgehead atoms. The molecule has 1 aliphatic heterocycles. The molecule has 3 amide bonds. The summed E-state index contributed by atoms with van der Waals surface area (Å²) in [7, 11) is 0. The van der Waals surface area contributed by atoms with E-state index in [1.165, 1.54) is 6.92 Å². The molecule has 0 aromatic carbocycles. The normalized spacial score (nSPS) is 14.4. The van der Waals surface area contributed by atoms with Crippen LogP contribution in [0.5, 0.6) is 0 Å². The van der Waals surface area contributed by atoms with Crippen molar-refractivity contribution in [3.63, 3.8) is 0 Å². The van der Waals surface area contributed by atoms with E-state index in [0.717, 1.165) is 0 Å². The van der Waals surface area contributed by atoms with Crippen molar-refractivity contribution < 1.29 is 18.9 Å². The smallest absolute Gasteiger partial charge is 0.270 e. The Hall–Kier alpha value is -3.10. The van der Waals surface area contributed by atoms with Gasteiger partial charge in [0.1, 0.15) is 18.0 Å². The lowest BCUT2D eigenvalue weighted by molar-refractivity contribution is -0.130. The number of anilines is 1. The fourth-order valence-corrected chi connectivity index (χ4v) is 2.89. The van der Waals surface area contributed by atoms with E-state index in [1.807, 2.05) is 0 Å². The molecule has 0 aliphatic carbocycles. The highest BCUT2D eigenvalue weighted by atomic mass is 16.5. The van der Waals surface area contributed by atoms with E-state index in [1.54, 1.807) is 45.7 Å². The van der Waals surface area contributed by atoms with Gasteiger partial charge in [-0.25, -0.2) is 0 Å². The second kappa shape index (κ2) is 7.42. The summed E-state index contributed by atoms with van der Waals surface area (Å²) in [6.45, 7) is 5.26. The number of rotatable bonds is 4. The molecule has 1 N–H and O–H groups in total. The number of carbonyl (C=O) groups excluding carboxylic acids is 3. The molecule has 0 saturated carbocycles. The third kappa shape index (κ3) is 3.93. The van der Waals surface area contributed by atoms with Crippen LogP contribution in [0.25, 0.3) is 0 Å². The summed E-state index contributed by atoms with van der Waals surface area (Å²) in [6.07, 6.45) is 1.69. The van der Waals surface area contributed by atoms with Gasteiger partial charge in [-0.15, -0.1) is 0 Å². The van der Waals surface area contributed by atoms with Gasteiger partial charge in [0.15, 0.2) is 5.82 Å². The molecule has 26 heavy (non-hydrogen) atoms. The minimum absolute atomic E-state index is 0.00656. The zero-order valence-corrected chi connectivity index (χ0v) is 14.8. The predicted molar refractivity (Wildman–Crippen MR) is 92.5 cm³/mol. The molecule has 0 radical (unpaired) electrons. The van der Waals surface area contributed by atoms with Gasteiger partial charge in [0, 0.05) is 45.4 Å². The van der Waals surface area contributed by atoms with Gasteiger partial charge in [-0.1, -0.05) is 5.16 Å². The lowest BCUT2D eigenvalue weighted by Gasteiger charge is -2.34. The fraction of sp³-hybridized carbons (Fsp3) is 0.412. The second-order valence-corrected chi connectivity index (χ2v) is 6.19. The van der Waals surface area contributed by atoms with Gasteiger partial charge in [0.05, 0.1) is 0 Å². The van der Waals surface area contributed by atoms with E-state index in [0.29, 0.717) is 43.5 Å². The highest BCUT2D eigenvalue weighted by Crippen LogP contribution is 2.12. The third-order valence-electron chi connectivity index (χ3n) is 4.27. The van der Waals surface area contributed by atoms with Gasteiger partial charge in [-0.3, -0.25) is 14.4 Å². The van der Waals surface area contributed by atoms with Crippen molar-refractivity contribution in [2.45, 2.75) is 20.4 Å². The molecule has 2 aromatic rings. The Bertz CT molecular complexity index is 817. The van der Waals surface area contributed by atoms with Crippen LogP contribution in [-0.4, -0.2) is 63.4 Å². The third-order valence-corrected chi connectivity index (χ3v) is 4.27. The Balaban J connectivity index is 1.62. The van der Waals surface area contributed by atoms with Gasteiger partial charge in [-0.05, 0) is 19.1 Å². The van der Waals surface area contributed by atoms with E-state index >= 15 is 0 Å². The monoisotopic (exact) mass is 359 g/mol. The molecular formula is C17H21N5O4. The number of amides is 3. The minimum Gasteiger partial charge on any atom is -0.360 e. The largest absolute Gasteiger partial charge is 0.360 e. The van der Waals surface area contributed by atoms with Crippen molar-refractivity contribution in [3.8, 4) is 0 Å². The first-order valence-electron chi connectivity index (χ1n) is 8.37. The number of hydrogen-bond donors (Lipinski definition) is 1. The topological polar surface area (TPSA) is 101 Å². The maximum absolute atomic E-state index is 12.7. The summed E-state index contributed by atoms with van der Waals surface area (Å²) in [6, 6.07) is 5.04. The first-order chi connectivity index (χ1) is 12.4. The molecule has 2 aromatic heterocycles. The van der Waals surface area contributed by atoms with Crippen LogP contribution in [-0.2, 0) is 16.1 Å². The summed E-state index contributed by atoms with van der Waals surface area (Å²) in [5.41, 5.74) is 0.438. The highest BCUT2D eigenvalue weighted by Gasteiger charge is 2.25. The van der Waals surface area contributed by atoms with Crippen LogP contribution in [0.3, 0.4) is 0 Å². The Morgan fingerprint density at radius 2 is 1.88 bits per heavy atom. The molecule has 1 saturated heterocycles. The molecule has 0 unspecified atom stereocenters. The summed E-state index contributed by atoms with van der Waals surface area (Å²) in [5.74, 6) is 0.503. The Morgan fingerprint density at radius 3 is 2.50 bits per heavy atom. The van der Waals surface area contributed by atoms with Crippen molar-refractivity contribution >= 4 is 23.5 Å². The first-order valence-corrected chi connectivity index (χ1v) is 8.37. The molecule has 3 heterocycles. The Labute approximate surface area is 150 Å². The van der Waals surface area contributed by atoms with Crippen molar-refractivity contribution in [1.29, 1.82) is 0 Å². The average molecular weight is 359 g/mol. The Morgan fingerprint density at radius 1 is 1.19 bits per heavy atom. The van der Waals surface area contributed by atoms with Crippen molar-refractivity contribution in [2.75, 3.05) is 31.5 Å². The molecule has 9 heteroatoms. The second-order valence-electron chi connectivity index (χ2n) is 6.19. The van der Waals surface area contributed by atoms with E-state index in [-0.39, 0.29) is 24.3 Å². The molecule has 9 nitrogen and oxygen atoms in total. The predicted octanol–water partition coefficient (Wildman–Crippen LogP) is 0.728. The van der Waals surface area contributed by atoms with Crippen LogP contribution in [0.2, 0.25) is 0 Å². The van der Waals surface area contributed by atoms with E-state index in [4.69, 9.17) is 4.52 Å². The molecule has 138 valence electrons. The lowest BCUT2D eigenvalue weighted by Crippen LogP contribution is -2.50. The SMILES string of the molecule is CC(=O)N1CCN(C(=O)c2cccn2CC(=O)Nc2cc(C)on2)CC1. The molecular weight excluding hydrogens is 338 g/mol.